The summed E-state index contributed by atoms with van der Waals surface area (Å²) in [7, 11) is 0. The summed E-state index contributed by atoms with van der Waals surface area (Å²) in [6.45, 7) is 0.0564. The maximum Gasteiger partial charge on any atom is 0.416 e. The van der Waals surface area contributed by atoms with Crippen molar-refractivity contribution in [1.82, 2.24) is 9.97 Å². The van der Waals surface area contributed by atoms with Gasteiger partial charge >= 0.3 is 6.18 Å². The summed E-state index contributed by atoms with van der Waals surface area (Å²) in [6, 6.07) is 9.04. The van der Waals surface area contributed by atoms with E-state index in [0.29, 0.717) is 17.2 Å². The van der Waals surface area contributed by atoms with Crippen LogP contribution in [0.25, 0.3) is 0 Å². The fraction of sp³-hybridized carbons (Fsp3) is 0.182. The van der Waals surface area contributed by atoms with Crippen LogP contribution in [-0.4, -0.2) is 28.6 Å². The Hall–Kier alpha value is -4.55. The fourth-order valence-corrected chi connectivity index (χ4v) is 3.77. The number of fused-ring (bicyclic) bond motifs is 2. The van der Waals surface area contributed by atoms with Gasteiger partial charge in [0.05, 0.1) is 17.0 Å². The third-order valence-corrected chi connectivity index (χ3v) is 5.36. The molecule has 2 aliphatic heterocycles. The first kappa shape index (κ1) is 22.3. The van der Waals surface area contributed by atoms with Crippen molar-refractivity contribution in [3.05, 3.63) is 63.9 Å². The van der Waals surface area contributed by atoms with Gasteiger partial charge in [0.25, 0.3) is 5.56 Å². The van der Waals surface area contributed by atoms with E-state index in [-0.39, 0.29) is 36.2 Å². The van der Waals surface area contributed by atoms with E-state index in [1.54, 1.807) is 18.2 Å². The SMILES string of the molecule is O=C1CC(C(=O)Nc2ccc3c(c2)OCO3)c2c(nc(Nc3cccc(C(F)(F)F)c3)[nH]c2=O)N1. The summed E-state index contributed by atoms with van der Waals surface area (Å²) in [5.74, 6) is -1.72. The molecule has 1 unspecified atom stereocenters. The number of rotatable bonds is 4. The number of nitrogens with one attached hydrogen (secondary N) is 4. The molecule has 13 heteroatoms. The summed E-state index contributed by atoms with van der Waals surface area (Å²) in [4.78, 5) is 44.6. The minimum Gasteiger partial charge on any atom is -0.454 e. The van der Waals surface area contributed by atoms with E-state index in [1.165, 1.54) is 12.1 Å². The van der Waals surface area contributed by atoms with Gasteiger partial charge < -0.3 is 25.4 Å². The molecule has 0 bridgehead atoms. The number of benzene rings is 2. The number of carbonyl (C=O) groups is 2. The molecular formula is C22H16F3N5O5. The smallest absolute Gasteiger partial charge is 0.416 e. The molecule has 2 amide bonds. The number of H-pyrrole nitrogens is 1. The molecule has 0 saturated heterocycles. The molecule has 0 saturated carbocycles. The van der Waals surface area contributed by atoms with Gasteiger partial charge in [-0.2, -0.15) is 18.2 Å². The van der Waals surface area contributed by atoms with Crippen molar-refractivity contribution in [2.75, 3.05) is 22.7 Å². The van der Waals surface area contributed by atoms with Crippen LogP contribution < -0.4 is 31.0 Å². The van der Waals surface area contributed by atoms with Crippen LogP contribution in [0.1, 0.15) is 23.5 Å². The number of amides is 2. The molecule has 1 aromatic heterocycles. The van der Waals surface area contributed by atoms with E-state index in [9.17, 15) is 27.6 Å². The highest BCUT2D eigenvalue weighted by atomic mass is 19.4. The number of hydrogen-bond donors (Lipinski definition) is 4. The predicted molar refractivity (Wildman–Crippen MR) is 117 cm³/mol. The Balaban J connectivity index is 1.41. The van der Waals surface area contributed by atoms with Crippen LogP contribution >= 0.6 is 0 Å². The molecule has 35 heavy (non-hydrogen) atoms. The van der Waals surface area contributed by atoms with Gasteiger partial charge in [-0.05, 0) is 30.3 Å². The van der Waals surface area contributed by atoms with Gasteiger partial charge in [0.1, 0.15) is 5.82 Å². The van der Waals surface area contributed by atoms with Crippen LogP contribution in [0, 0.1) is 0 Å². The van der Waals surface area contributed by atoms with Crippen molar-refractivity contribution in [2.45, 2.75) is 18.5 Å². The first-order chi connectivity index (χ1) is 16.7. The van der Waals surface area contributed by atoms with Gasteiger partial charge in [0, 0.05) is 23.9 Å². The lowest BCUT2D eigenvalue weighted by Crippen LogP contribution is -2.36. The van der Waals surface area contributed by atoms with E-state index in [0.717, 1.165) is 12.1 Å². The molecule has 3 heterocycles. The monoisotopic (exact) mass is 487 g/mol. The second-order valence-corrected chi connectivity index (χ2v) is 7.74. The molecule has 1 atom stereocenters. The number of halogens is 3. The van der Waals surface area contributed by atoms with Crippen LogP contribution in [0.2, 0.25) is 0 Å². The highest BCUT2D eigenvalue weighted by molar-refractivity contribution is 6.04. The van der Waals surface area contributed by atoms with E-state index >= 15 is 0 Å². The number of hydrogen-bond acceptors (Lipinski definition) is 7. The summed E-state index contributed by atoms with van der Waals surface area (Å²) in [5, 5.41) is 7.67. The van der Waals surface area contributed by atoms with Crippen molar-refractivity contribution in [3.8, 4) is 11.5 Å². The lowest BCUT2D eigenvalue weighted by atomic mass is 9.92. The minimum absolute atomic E-state index is 0.0159. The summed E-state index contributed by atoms with van der Waals surface area (Å²) >= 11 is 0. The van der Waals surface area contributed by atoms with Crippen molar-refractivity contribution in [1.29, 1.82) is 0 Å². The molecular weight excluding hydrogens is 471 g/mol. The third-order valence-electron chi connectivity index (χ3n) is 5.36. The number of ether oxygens (including phenoxy) is 2. The lowest BCUT2D eigenvalue weighted by molar-refractivity contribution is -0.137. The Kier molecular flexibility index (Phi) is 5.30. The molecule has 10 nitrogen and oxygen atoms in total. The Labute approximate surface area is 194 Å². The summed E-state index contributed by atoms with van der Waals surface area (Å²) in [5.41, 5.74) is -1.30. The molecule has 180 valence electrons. The van der Waals surface area contributed by atoms with E-state index in [4.69, 9.17) is 9.47 Å². The molecule has 2 aliphatic rings. The number of aromatic nitrogens is 2. The maximum atomic E-state index is 13.0. The molecule has 3 aromatic rings. The maximum absolute atomic E-state index is 13.0. The van der Waals surface area contributed by atoms with E-state index < -0.39 is 35.0 Å². The Morgan fingerprint density at radius 3 is 2.66 bits per heavy atom. The van der Waals surface area contributed by atoms with Crippen molar-refractivity contribution in [2.24, 2.45) is 0 Å². The van der Waals surface area contributed by atoms with Crippen molar-refractivity contribution in [3.63, 3.8) is 0 Å². The van der Waals surface area contributed by atoms with Crippen LogP contribution in [0.15, 0.2) is 47.3 Å². The molecule has 0 spiro atoms. The van der Waals surface area contributed by atoms with Crippen LogP contribution in [0.3, 0.4) is 0 Å². The summed E-state index contributed by atoms with van der Waals surface area (Å²) in [6.07, 6.45) is -4.85. The van der Waals surface area contributed by atoms with Gasteiger partial charge in [-0.1, -0.05) is 6.07 Å². The van der Waals surface area contributed by atoms with Gasteiger partial charge in [-0.15, -0.1) is 0 Å². The largest absolute Gasteiger partial charge is 0.454 e. The predicted octanol–water partition coefficient (Wildman–Crippen LogP) is 3.33. The Bertz CT molecular complexity index is 1400. The zero-order valence-electron chi connectivity index (χ0n) is 17.7. The quantitative estimate of drug-likeness (QED) is 0.444. The van der Waals surface area contributed by atoms with Crippen LogP contribution in [0.4, 0.5) is 36.3 Å². The standard InChI is InChI=1S/C22H16F3N5O5/c23-22(24,25)10-2-1-3-11(6-10)27-21-29-18-17(20(33)30-21)13(8-16(31)28-18)19(32)26-12-4-5-14-15(7-12)35-9-34-14/h1-7,13H,8-9H2,(H,26,32)(H3,27,28,29,30,31,33). The number of alkyl halides is 3. The molecule has 4 N–H and O–H groups in total. The summed E-state index contributed by atoms with van der Waals surface area (Å²) < 4.78 is 49.4. The minimum atomic E-state index is -4.55. The van der Waals surface area contributed by atoms with Gasteiger partial charge in [0.2, 0.25) is 24.6 Å². The zero-order chi connectivity index (χ0) is 24.7. The number of aromatic amines is 1. The number of nitrogens with zero attached hydrogens (tertiary/aromatic N) is 1. The van der Waals surface area contributed by atoms with Gasteiger partial charge in [0.15, 0.2) is 11.5 Å². The first-order valence-corrected chi connectivity index (χ1v) is 10.3. The molecule has 2 aromatic carbocycles. The second-order valence-electron chi connectivity index (χ2n) is 7.74. The van der Waals surface area contributed by atoms with Crippen LogP contribution in [-0.2, 0) is 15.8 Å². The topological polar surface area (TPSA) is 134 Å². The molecule has 5 rings (SSSR count). The van der Waals surface area contributed by atoms with Gasteiger partial charge in [-0.3, -0.25) is 19.4 Å². The molecule has 0 fully saturated rings. The zero-order valence-corrected chi connectivity index (χ0v) is 17.7. The average Bonchev–Trinajstić information content (AvgIpc) is 3.26. The highest BCUT2D eigenvalue weighted by Crippen LogP contribution is 2.36. The average molecular weight is 487 g/mol. The first-order valence-electron chi connectivity index (χ1n) is 10.3. The molecule has 0 radical (unpaired) electrons. The highest BCUT2D eigenvalue weighted by Gasteiger charge is 2.35. The number of carbonyl (C=O) groups excluding carboxylic acids is 2. The van der Waals surface area contributed by atoms with Crippen molar-refractivity contribution >= 4 is 35.0 Å². The van der Waals surface area contributed by atoms with Crippen molar-refractivity contribution < 1.29 is 32.2 Å². The Morgan fingerprint density at radius 2 is 1.86 bits per heavy atom. The van der Waals surface area contributed by atoms with Gasteiger partial charge in [-0.25, -0.2) is 0 Å². The van der Waals surface area contributed by atoms with E-state index in [2.05, 4.69) is 25.9 Å². The molecule has 0 aliphatic carbocycles. The third kappa shape index (κ3) is 4.47. The number of anilines is 4. The van der Waals surface area contributed by atoms with E-state index in [1.807, 2.05) is 0 Å². The Morgan fingerprint density at radius 1 is 1.06 bits per heavy atom. The van der Waals surface area contributed by atoms with Crippen LogP contribution in [0.5, 0.6) is 11.5 Å². The fourth-order valence-electron chi connectivity index (χ4n) is 3.77. The second kappa shape index (κ2) is 8.34. The normalized spacial score (nSPS) is 16.3. The lowest BCUT2D eigenvalue weighted by Gasteiger charge is -2.23.